The Hall–Kier alpha value is -5.11. The highest BCUT2D eigenvalue weighted by Gasteiger charge is 2.31. The highest BCUT2D eigenvalue weighted by atomic mass is 19.1. The first-order valence-electron chi connectivity index (χ1n) is 14.0. The van der Waals surface area contributed by atoms with Crippen LogP contribution < -0.4 is 15.3 Å². The van der Waals surface area contributed by atoms with E-state index < -0.39 is 11.5 Å². The minimum atomic E-state index is -0.622. The zero-order valence-electron chi connectivity index (χ0n) is 24.8. The number of methoxy groups -OCH3 is 1. The van der Waals surface area contributed by atoms with Crippen molar-refractivity contribution in [2.24, 2.45) is 0 Å². The Morgan fingerprint density at radius 1 is 1.26 bits per heavy atom. The number of aromatic nitrogens is 4. The lowest BCUT2D eigenvalue weighted by Crippen LogP contribution is -2.54. The second-order valence-corrected chi connectivity index (χ2v) is 10.8. The van der Waals surface area contributed by atoms with Gasteiger partial charge >= 0.3 is 5.69 Å². The van der Waals surface area contributed by atoms with E-state index >= 15 is 4.39 Å². The molecule has 1 aromatic carbocycles. The summed E-state index contributed by atoms with van der Waals surface area (Å²) in [5, 5.41) is 10.7. The predicted octanol–water partition coefficient (Wildman–Crippen LogP) is 4.52. The molecule has 0 saturated carbocycles. The van der Waals surface area contributed by atoms with Crippen molar-refractivity contribution < 1.29 is 13.9 Å². The lowest BCUT2D eigenvalue weighted by Gasteiger charge is -2.40. The third-order valence-electron chi connectivity index (χ3n) is 7.71. The average Bonchev–Trinajstić information content (AvgIpc) is 2.99. The highest BCUT2D eigenvalue weighted by Crippen LogP contribution is 2.37. The Balaban J connectivity index is 1.87. The fourth-order valence-corrected chi connectivity index (χ4v) is 5.62. The standard InChI is InChI=1S/C32H32FN7O3/c1-7-25(41)38-13-14-39(20(5)17-38)30-22-15-21(16-34)28(26-23(33)9-8-10-24(26)43-6)36-31(22)40(32(42)37-30)29-19(4)11-12-35-27(29)18(2)3/h7-12,15,18,20H,1,13-14,17H2,2-6H3. The number of halogens is 1. The van der Waals surface area contributed by atoms with Gasteiger partial charge in [0.15, 0.2) is 5.65 Å². The van der Waals surface area contributed by atoms with E-state index in [1.54, 1.807) is 29.3 Å². The number of hydrogen-bond acceptors (Lipinski definition) is 8. The first-order chi connectivity index (χ1) is 20.6. The molecule has 1 atom stereocenters. The van der Waals surface area contributed by atoms with Crippen LogP contribution in [-0.4, -0.2) is 63.1 Å². The molecule has 0 bridgehead atoms. The van der Waals surface area contributed by atoms with Gasteiger partial charge in [0, 0.05) is 31.9 Å². The average molecular weight is 582 g/mol. The maximum absolute atomic E-state index is 15.4. The fourth-order valence-electron chi connectivity index (χ4n) is 5.62. The fraction of sp³-hybridized carbons (Fsp3) is 0.312. The van der Waals surface area contributed by atoms with Crippen LogP contribution in [0.4, 0.5) is 10.2 Å². The van der Waals surface area contributed by atoms with Gasteiger partial charge in [-0.15, -0.1) is 0 Å². The molecule has 11 heteroatoms. The van der Waals surface area contributed by atoms with Crippen LogP contribution in [0.5, 0.6) is 5.75 Å². The van der Waals surface area contributed by atoms with Crippen LogP contribution in [0.15, 0.2) is 54.0 Å². The molecular weight excluding hydrogens is 549 g/mol. The van der Waals surface area contributed by atoms with Gasteiger partial charge in [0.05, 0.1) is 40.7 Å². The number of rotatable bonds is 6. The van der Waals surface area contributed by atoms with Gasteiger partial charge in [-0.25, -0.2) is 18.7 Å². The van der Waals surface area contributed by atoms with Crippen molar-refractivity contribution in [2.45, 2.75) is 39.7 Å². The Bertz CT molecular complexity index is 1860. The van der Waals surface area contributed by atoms with Crippen molar-refractivity contribution in [3.63, 3.8) is 0 Å². The number of ether oxygens (including phenoxy) is 1. The Morgan fingerprint density at radius 3 is 2.67 bits per heavy atom. The summed E-state index contributed by atoms with van der Waals surface area (Å²) in [5.41, 5.74) is 1.71. The summed E-state index contributed by atoms with van der Waals surface area (Å²) in [6.45, 7) is 12.5. The van der Waals surface area contributed by atoms with Crippen molar-refractivity contribution in [3.8, 4) is 28.8 Å². The summed E-state index contributed by atoms with van der Waals surface area (Å²) >= 11 is 0. The Labute approximate surface area is 248 Å². The first-order valence-corrected chi connectivity index (χ1v) is 14.0. The van der Waals surface area contributed by atoms with Crippen LogP contribution in [0.1, 0.15) is 43.5 Å². The second-order valence-electron chi connectivity index (χ2n) is 10.8. The van der Waals surface area contributed by atoms with E-state index in [0.29, 0.717) is 42.2 Å². The second kappa shape index (κ2) is 11.6. The van der Waals surface area contributed by atoms with Gasteiger partial charge in [-0.2, -0.15) is 10.2 Å². The summed E-state index contributed by atoms with van der Waals surface area (Å²) in [5.74, 6) is -0.314. The SMILES string of the molecule is C=CC(=O)N1CCN(c2nc(=O)n(-c3c(C)ccnc3C(C)C)c3nc(-c4c(F)cccc4OC)c(C#N)cc23)C(C)C1. The smallest absolute Gasteiger partial charge is 0.355 e. The zero-order valence-corrected chi connectivity index (χ0v) is 24.8. The summed E-state index contributed by atoms with van der Waals surface area (Å²) in [7, 11) is 1.41. The van der Waals surface area contributed by atoms with Crippen LogP contribution in [0.3, 0.4) is 0 Å². The van der Waals surface area contributed by atoms with E-state index in [2.05, 4.69) is 22.6 Å². The molecule has 1 saturated heterocycles. The van der Waals surface area contributed by atoms with Crippen LogP contribution in [0, 0.1) is 24.1 Å². The van der Waals surface area contributed by atoms with E-state index in [1.807, 2.05) is 32.6 Å². The molecule has 0 radical (unpaired) electrons. The van der Waals surface area contributed by atoms with Crippen molar-refractivity contribution >= 4 is 22.8 Å². The molecule has 0 spiro atoms. The number of piperazine rings is 1. The molecular formula is C32H32FN7O3. The number of pyridine rings is 2. The molecule has 43 heavy (non-hydrogen) atoms. The summed E-state index contributed by atoms with van der Waals surface area (Å²) in [6.07, 6.45) is 2.97. The molecule has 1 aliphatic heterocycles. The Kier molecular flexibility index (Phi) is 7.96. The van der Waals surface area contributed by atoms with Crippen molar-refractivity contribution in [3.05, 3.63) is 82.3 Å². The predicted molar refractivity (Wildman–Crippen MR) is 162 cm³/mol. The monoisotopic (exact) mass is 581 g/mol. The number of fused-ring (bicyclic) bond motifs is 1. The molecule has 1 aliphatic rings. The molecule has 220 valence electrons. The Morgan fingerprint density at radius 2 is 2.02 bits per heavy atom. The molecule has 3 aromatic heterocycles. The van der Waals surface area contributed by atoms with Crippen molar-refractivity contribution in [2.75, 3.05) is 31.6 Å². The number of aryl methyl sites for hydroxylation is 1. The minimum Gasteiger partial charge on any atom is -0.496 e. The zero-order chi connectivity index (χ0) is 31.0. The number of nitriles is 1. The molecule has 1 unspecified atom stereocenters. The van der Waals surface area contributed by atoms with E-state index in [1.165, 1.54) is 29.9 Å². The van der Waals surface area contributed by atoms with Gasteiger partial charge in [0.25, 0.3) is 0 Å². The summed E-state index contributed by atoms with van der Waals surface area (Å²) in [4.78, 5) is 44.0. The molecule has 0 N–H and O–H groups in total. The number of amides is 1. The van der Waals surface area contributed by atoms with Crippen LogP contribution >= 0.6 is 0 Å². The van der Waals surface area contributed by atoms with Crippen LogP contribution in [0.2, 0.25) is 0 Å². The van der Waals surface area contributed by atoms with Crippen molar-refractivity contribution in [1.82, 2.24) is 24.4 Å². The van der Waals surface area contributed by atoms with Gasteiger partial charge in [0.2, 0.25) is 5.91 Å². The normalized spacial score (nSPS) is 15.1. The van der Waals surface area contributed by atoms with E-state index in [-0.39, 0.29) is 46.1 Å². The van der Waals surface area contributed by atoms with Gasteiger partial charge in [0.1, 0.15) is 23.5 Å². The number of carbonyl (C=O) groups excluding carboxylic acids is 1. The van der Waals surface area contributed by atoms with Gasteiger partial charge in [-0.1, -0.05) is 26.5 Å². The quantitative estimate of drug-likeness (QED) is 0.305. The molecule has 1 fully saturated rings. The summed E-state index contributed by atoms with van der Waals surface area (Å²) < 4.78 is 22.2. The van der Waals surface area contributed by atoms with Gasteiger partial charge in [-0.05, 0) is 55.7 Å². The van der Waals surface area contributed by atoms with E-state index in [4.69, 9.17) is 9.72 Å². The van der Waals surface area contributed by atoms with Gasteiger partial charge < -0.3 is 14.5 Å². The molecule has 5 rings (SSSR count). The first kappa shape index (κ1) is 29.4. The highest BCUT2D eigenvalue weighted by molar-refractivity contribution is 5.93. The third-order valence-corrected chi connectivity index (χ3v) is 7.71. The number of hydrogen-bond donors (Lipinski definition) is 0. The number of benzene rings is 1. The maximum atomic E-state index is 15.4. The number of carbonyl (C=O) groups is 1. The van der Waals surface area contributed by atoms with E-state index in [0.717, 1.165) is 5.56 Å². The maximum Gasteiger partial charge on any atom is 0.355 e. The third kappa shape index (κ3) is 5.09. The van der Waals surface area contributed by atoms with Crippen LogP contribution in [-0.2, 0) is 4.79 Å². The minimum absolute atomic E-state index is 0.0118. The summed E-state index contributed by atoms with van der Waals surface area (Å²) in [6, 6.07) is 9.70. The molecule has 1 amide bonds. The molecule has 4 heterocycles. The molecule has 4 aromatic rings. The van der Waals surface area contributed by atoms with Crippen LogP contribution in [0.25, 0.3) is 28.0 Å². The topological polar surface area (TPSA) is 117 Å². The van der Waals surface area contributed by atoms with E-state index in [9.17, 15) is 14.9 Å². The number of anilines is 1. The number of nitrogens with zero attached hydrogens (tertiary/aromatic N) is 7. The molecule has 0 aliphatic carbocycles. The molecule has 10 nitrogen and oxygen atoms in total. The lowest BCUT2D eigenvalue weighted by molar-refractivity contribution is -0.126. The van der Waals surface area contributed by atoms with Gasteiger partial charge in [-0.3, -0.25) is 9.78 Å². The largest absolute Gasteiger partial charge is 0.496 e. The van der Waals surface area contributed by atoms with Crippen molar-refractivity contribution in [1.29, 1.82) is 5.26 Å². The lowest BCUT2D eigenvalue weighted by atomic mass is 10.0.